The predicted molar refractivity (Wildman–Crippen MR) is 101 cm³/mol. The van der Waals surface area contributed by atoms with Crippen molar-refractivity contribution in [3.05, 3.63) is 64.7 Å². The number of ether oxygens (including phenoxy) is 1. The summed E-state index contributed by atoms with van der Waals surface area (Å²) < 4.78 is 32.3. The number of anilines is 1. The monoisotopic (exact) mass is 394 g/mol. The van der Waals surface area contributed by atoms with E-state index in [0.717, 1.165) is 31.1 Å². The minimum atomic E-state index is -0.468. The van der Waals surface area contributed by atoms with Crippen LogP contribution in [0.5, 0.6) is 0 Å². The van der Waals surface area contributed by atoms with Crippen LogP contribution in [0.15, 0.2) is 42.5 Å². The van der Waals surface area contributed by atoms with Gasteiger partial charge in [0, 0.05) is 19.7 Å². The molecule has 0 spiro atoms. The van der Waals surface area contributed by atoms with Crippen LogP contribution in [0.1, 0.15) is 18.4 Å². The molecule has 0 aromatic heterocycles. The van der Waals surface area contributed by atoms with Gasteiger partial charge >= 0.3 is 0 Å². The lowest BCUT2D eigenvalue weighted by Gasteiger charge is -2.25. The van der Waals surface area contributed by atoms with Crippen molar-refractivity contribution in [1.29, 1.82) is 0 Å². The highest BCUT2D eigenvalue weighted by molar-refractivity contribution is 6.33. The smallest absolute Gasteiger partial charge is 0.238 e. The van der Waals surface area contributed by atoms with E-state index in [1.807, 2.05) is 11.0 Å². The maximum absolute atomic E-state index is 13.5. The Labute approximate surface area is 162 Å². The number of amides is 1. The number of rotatable bonds is 7. The summed E-state index contributed by atoms with van der Waals surface area (Å²) >= 11 is 5.96. The number of carbonyl (C=O) groups excluding carboxylic acids is 1. The van der Waals surface area contributed by atoms with Gasteiger partial charge < -0.3 is 10.1 Å². The van der Waals surface area contributed by atoms with Crippen molar-refractivity contribution in [3.63, 3.8) is 0 Å². The first-order valence-corrected chi connectivity index (χ1v) is 9.21. The maximum Gasteiger partial charge on any atom is 0.238 e. The fraction of sp³-hybridized carbons (Fsp3) is 0.350. The van der Waals surface area contributed by atoms with Crippen molar-refractivity contribution in [2.45, 2.75) is 25.5 Å². The molecule has 3 rings (SSSR count). The topological polar surface area (TPSA) is 41.6 Å². The van der Waals surface area contributed by atoms with Crippen LogP contribution < -0.4 is 5.32 Å². The van der Waals surface area contributed by atoms with E-state index in [-0.39, 0.29) is 29.4 Å². The van der Waals surface area contributed by atoms with E-state index in [4.69, 9.17) is 16.3 Å². The molecule has 0 saturated carbocycles. The zero-order chi connectivity index (χ0) is 19.2. The zero-order valence-corrected chi connectivity index (χ0v) is 15.5. The van der Waals surface area contributed by atoms with Crippen molar-refractivity contribution in [3.8, 4) is 0 Å². The number of hydrogen-bond donors (Lipinski definition) is 1. The molecule has 4 nitrogen and oxygen atoms in total. The third-order valence-electron chi connectivity index (χ3n) is 4.35. The van der Waals surface area contributed by atoms with E-state index in [0.29, 0.717) is 18.8 Å². The first kappa shape index (κ1) is 19.7. The first-order valence-electron chi connectivity index (χ1n) is 8.83. The van der Waals surface area contributed by atoms with Crippen molar-refractivity contribution in [2.24, 2.45) is 0 Å². The third kappa shape index (κ3) is 5.99. The van der Waals surface area contributed by atoms with Crippen LogP contribution in [0.2, 0.25) is 5.02 Å². The predicted octanol–water partition coefficient (Wildman–Crippen LogP) is 4.24. The van der Waals surface area contributed by atoms with Gasteiger partial charge in [-0.1, -0.05) is 23.7 Å². The molecule has 2 aromatic rings. The van der Waals surface area contributed by atoms with Crippen LogP contribution in [-0.2, 0) is 16.1 Å². The number of nitrogens with one attached hydrogen (secondary N) is 1. The standard InChI is InChI=1S/C20H21ClF2N2O2/c21-18-10-16(23)6-7-19(18)24-20(26)13-25(12-17-5-2-8-27-17)11-14-3-1-4-15(22)9-14/h1,3-4,6-7,9-10,17H,2,5,8,11-13H2,(H,24,26). The Morgan fingerprint density at radius 3 is 2.74 bits per heavy atom. The molecule has 1 N–H and O–H groups in total. The van der Waals surface area contributed by atoms with Gasteiger partial charge in [-0.05, 0) is 48.7 Å². The minimum absolute atomic E-state index is 0.0563. The second-order valence-corrected chi connectivity index (χ2v) is 7.01. The van der Waals surface area contributed by atoms with Crippen LogP contribution in [0.3, 0.4) is 0 Å². The van der Waals surface area contributed by atoms with Crippen molar-refractivity contribution < 1.29 is 18.3 Å². The number of nitrogens with zero attached hydrogens (tertiary/aromatic N) is 1. The molecule has 0 radical (unpaired) electrons. The van der Waals surface area contributed by atoms with Crippen LogP contribution in [0, 0.1) is 11.6 Å². The van der Waals surface area contributed by atoms with Gasteiger partial charge in [-0.15, -0.1) is 0 Å². The third-order valence-corrected chi connectivity index (χ3v) is 4.67. The van der Waals surface area contributed by atoms with Crippen LogP contribution >= 0.6 is 11.6 Å². The van der Waals surface area contributed by atoms with Gasteiger partial charge in [0.05, 0.1) is 23.4 Å². The highest BCUT2D eigenvalue weighted by Crippen LogP contribution is 2.22. The van der Waals surface area contributed by atoms with E-state index in [9.17, 15) is 13.6 Å². The summed E-state index contributed by atoms with van der Waals surface area (Å²) in [6.45, 7) is 1.79. The van der Waals surface area contributed by atoms with Crippen LogP contribution in [0.25, 0.3) is 0 Å². The fourth-order valence-corrected chi connectivity index (χ4v) is 3.35. The molecule has 2 aromatic carbocycles. The summed E-state index contributed by atoms with van der Waals surface area (Å²) in [6, 6.07) is 10.1. The largest absolute Gasteiger partial charge is 0.377 e. The average molecular weight is 395 g/mol. The molecule has 1 aliphatic heterocycles. The molecule has 1 amide bonds. The Kier molecular flexibility index (Phi) is 6.77. The Balaban J connectivity index is 1.66. The fourth-order valence-electron chi connectivity index (χ4n) is 3.14. The number of halogens is 3. The molecule has 0 bridgehead atoms. The van der Waals surface area contributed by atoms with Gasteiger partial charge in [0.1, 0.15) is 11.6 Å². The summed E-state index contributed by atoms with van der Waals surface area (Å²) in [5.41, 5.74) is 1.13. The van der Waals surface area contributed by atoms with Crippen LogP contribution in [0.4, 0.5) is 14.5 Å². The van der Waals surface area contributed by atoms with E-state index < -0.39 is 5.82 Å². The Morgan fingerprint density at radius 1 is 1.22 bits per heavy atom. The molecule has 7 heteroatoms. The van der Waals surface area contributed by atoms with E-state index in [2.05, 4.69) is 5.32 Å². The van der Waals surface area contributed by atoms with Gasteiger partial charge in [0.15, 0.2) is 0 Å². The zero-order valence-electron chi connectivity index (χ0n) is 14.8. The summed E-state index contributed by atoms with van der Waals surface area (Å²) in [7, 11) is 0. The Bertz CT molecular complexity index is 797. The molecule has 1 unspecified atom stereocenters. The molecule has 144 valence electrons. The molecule has 27 heavy (non-hydrogen) atoms. The second-order valence-electron chi connectivity index (χ2n) is 6.61. The Hall–Kier alpha value is -2.02. The van der Waals surface area contributed by atoms with Gasteiger partial charge in [-0.25, -0.2) is 8.78 Å². The van der Waals surface area contributed by atoms with Crippen molar-refractivity contribution >= 4 is 23.2 Å². The normalized spacial score (nSPS) is 16.7. The molecular weight excluding hydrogens is 374 g/mol. The number of benzene rings is 2. The molecule has 1 fully saturated rings. The SMILES string of the molecule is O=C(CN(Cc1cccc(F)c1)CC1CCCO1)Nc1ccc(F)cc1Cl. The first-order chi connectivity index (χ1) is 13.0. The Morgan fingerprint density at radius 2 is 2.04 bits per heavy atom. The molecule has 1 heterocycles. The van der Waals surface area contributed by atoms with Gasteiger partial charge in [-0.2, -0.15) is 0 Å². The summed E-state index contributed by atoms with van der Waals surface area (Å²) in [5, 5.41) is 2.83. The van der Waals surface area contributed by atoms with E-state index in [1.165, 1.54) is 24.3 Å². The molecule has 1 saturated heterocycles. The second kappa shape index (κ2) is 9.26. The maximum atomic E-state index is 13.5. The molecular formula is C20H21ClF2N2O2. The number of carbonyl (C=O) groups is 1. The summed E-state index contributed by atoms with van der Waals surface area (Å²) in [6.07, 6.45) is 1.99. The van der Waals surface area contributed by atoms with Crippen molar-refractivity contribution in [2.75, 3.05) is 25.0 Å². The van der Waals surface area contributed by atoms with Crippen molar-refractivity contribution in [1.82, 2.24) is 4.90 Å². The van der Waals surface area contributed by atoms with Gasteiger partial charge in [0.25, 0.3) is 0 Å². The summed E-state index contributed by atoms with van der Waals surface area (Å²) in [4.78, 5) is 14.4. The molecule has 1 atom stereocenters. The lowest BCUT2D eigenvalue weighted by atomic mass is 10.1. The lowest BCUT2D eigenvalue weighted by Crippen LogP contribution is -2.38. The molecule has 1 aliphatic rings. The van der Waals surface area contributed by atoms with Gasteiger partial charge in [0.2, 0.25) is 5.91 Å². The number of hydrogen-bond acceptors (Lipinski definition) is 3. The van der Waals surface area contributed by atoms with E-state index in [1.54, 1.807) is 6.07 Å². The highest BCUT2D eigenvalue weighted by atomic mass is 35.5. The van der Waals surface area contributed by atoms with Crippen LogP contribution in [-0.4, -0.2) is 36.6 Å². The molecule has 0 aliphatic carbocycles. The summed E-state index contributed by atoms with van der Waals surface area (Å²) in [5.74, 6) is -1.06. The lowest BCUT2D eigenvalue weighted by molar-refractivity contribution is -0.117. The quantitative estimate of drug-likeness (QED) is 0.763. The average Bonchev–Trinajstić information content (AvgIpc) is 3.10. The highest BCUT2D eigenvalue weighted by Gasteiger charge is 2.21. The minimum Gasteiger partial charge on any atom is -0.377 e. The van der Waals surface area contributed by atoms with E-state index >= 15 is 0 Å². The van der Waals surface area contributed by atoms with Gasteiger partial charge in [-0.3, -0.25) is 9.69 Å².